The molecule has 0 saturated carbocycles. The lowest BCUT2D eigenvalue weighted by Crippen LogP contribution is -2.26. The van der Waals surface area contributed by atoms with E-state index in [1.54, 1.807) is 6.20 Å². The molecule has 1 aromatic heterocycles. The van der Waals surface area contributed by atoms with Gasteiger partial charge in [-0.2, -0.15) is 0 Å². The number of carbonyl (C=O) groups excluding carboxylic acids is 1. The van der Waals surface area contributed by atoms with Gasteiger partial charge in [0, 0.05) is 44.7 Å². The van der Waals surface area contributed by atoms with Crippen LogP contribution in [-0.4, -0.2) is 27.9 Å². The lowest BCUT2D eigenvalue weighted by atomic mass is 10.2. The van der Waals surface area contributed by atoms with Crippen LogP contribution in [0, 0.1) is 0 Å². The summed E-state index contributed by atoms with van der Waals surface area (Å²) in [6.45, 7) is 0.643. The van der Waals surface area contributed by atoms with E-state index in [2.05, 4.69) is 10.3 Å². The van der Waals surface area contributed by atoms with Gasteiger partial charge in [-0.25, -0.2) is 4.98 Å². The highest BCUT2D eigenvalue weighted by atomic mass is 35.5. The number of rotatable bonds is 7. The zero-order valence-electron chi connectivity index (χ0n) is 9.58. The molecule has 0 aliphatic heterocycles. The Morgan fingerprint density at radius 3 is 3.00 bits per heavy atom. The number of unbranched alkanes of at least 4 members (excludes halogenated alkanes) is 1. The number of aryl methyl sites for hydroxylation is 1. The van der Waals surface area contributed by atoms with Gasteiger partial charge in [0.1, 0.15) is 5.82 Å². The lowest BCUT2D eigenvalue weighted by molar-refractivity contribution is -0.121. The average molecular weight is 244 g/mol. The molecule has 0 aromatic carbocycles. The molecule has 5 heteroatoms. The van der Waals surface area contributed by atoms with E-state index < -0.39 is 0 Å². The number of nitrogens with one attached hydrogen (secondary N) is 1. The number of alkyl halides is 1. The van der Waals surface area contributed by atoms with Crippen LogP contribution in [0.4, 0.5) is 0 Å². The van der Waals surface area contributed by atoms with Crippen LogP contribution < -0.4 is 5.32 Å². The van der Waals surface area contributed by atoms with Crippen LogP contribution in [0.3, 0.4) is 0 Å². The van der Waals surface area contributed by atoms with Gasteiger partial charge >= 0.3 is 0 Å². The van der Waals surface area contributed by atoms with Crippen molar-refractivity contribution in [1.82, 2.24) is 14.9 Å². The number of carbonyl (C=O) groups is 1. The molecule has 0 saturated heterocycles. The highest BCUT2D eigenvalue weighted by molar-refractivity contribution is 6.17. The second-order valence-electron chi connectivity index (χ2n) is 3.70. The third-order valence-electron chi connectivity index (χ3n) is 2.38. The standard InChI is InChI=1S/C11H18ClN3O/c1-15-9-8-13-10(15)5-7-14-11(16)4-2-3-6-12/h8-9H,2-7H2,1H3,(H,14,16). The molecule has 1 amide bonds. The van der Waals surface area contributed by atoms with Crippen molar-refractivity contribution in [3.63, 3.8) is 0 Å². The molecular formula is C11H18ClN3O. The van der Waals surface area contributed by atoms with E-state index in [1.165, 1.54) is 0 Å². The fourth-order valence-corrected chi connectivity index (χ4v) is 1.61. The van der Waals surface area contributed by atoms with Gasteiger partial charge in [0.2, 0.25) is 5.91 Å². The summed E-state index contributed by atoms with van der Waals surface area (Å²) in [5.41, 5.74) is 0. The average Bonchev–Trinajstić information content (AvgIpc) is 2.65. The van der Waals surface area contributed by atoms with Gasteiger partial charge in [-0.1, -0.05) is 0 Å². The van der Waals surface area contributed by atoms with E-state index >= 15 is 0 Å². The number of hydrogen-bond acceptors (Lipinski definition) is 2. The minimum atomic E-state index is 0.0966. The van der Waals surface area contributed by atoms with Crippen molar-refractivity contribution in [2.45, 2.75) is 25.7 Å². The van der Waals surface area contributed by atoms with Crippen LogP contribution in [0.2, 0.25) is 0 Å². The molecule has 0 aliphatic rings. The maximum atomic E-state index is 11.3. The number of aromatic nitrogens is 2. The van der Waals surface area contributed by atoms with E-state index in [0.717, 1.165) is 25.1 Å². The molecule has 0 unspecified atom stereocenters. The first-order chi connectivity index (χ1) is 7.74. The zero-order valence-corrected chi connectivity index (χ0v) is 10.3. The van der Waals surface area contributed by atoms with Gasteiger partial charge in [0.15, 0.2) is 0 Å². The van der Waals surface area contributed by atoms with Crippen LogP contribution in [0.5, 0.6) is 0 Å². The maximum absolute atomic E-state index is 11.3. The van der Waals surface area contributed by atoms with Crippen molar-refractivity contribution in [3.05, 3.63) is 18.2 Å². The molecule has 0 atom stereocenters. The van der Waals surface area contributed by atoms with E-state index in [1.807, 2.05) is 17.8 Å². The van der Waals surface area contributed by atoms with Gasteiger partial charge in [-0.15, -0.1) is 11.6 Å². The SMILES string of the molecule is Cn1ccnc1CCNC(=O)CCCCCl. The monoisotopic (exact) mass is 243 g/mol. The quantitative estimate of drug-likeness (QED) is 0.583. The fraction of sp³-hybridized carbons (Fsp3) is 0.636. The number of nitrogens with zero attached hydrogens (tertiary/aromatic N) is 2. The van der Waals surface area contributed by atoms with Crippen molar-refractivity contribution < 1.29 is 4.79 Å². The third kappa shape index (κ3) is 4.66. The van der Waals surface area contributed by atoms with Crippen LogP contribution >= 0.6 is 11.6 Å². The Balaban J connectivity index is 2.11. The highest BCUT2D eigenvalue weighted by Gasteiger charge is 2.02. The molecule has 0 spiro atoms. The summed E-state index contributed by atoms with van der Waals surface area (Å²) < 4.78 is 1.96. The highest BCUT2D eigenvalue weighted by Crippen LogP contribution is 1.97. The lowest BCUT2D eigenvalue weighted by Gasteiger charge is -2.04. The first-order valence-electron chi connectivity index (χ1n) is 5.53. The van der Waals surface area contributed by atoms with E-state index in [9.17, 15) is 4.79 Å². The predicted octanol–water partition coefficient (Wildman–Crippen LogP) is 1.49. The number of hydrogen-bond donors (Lipinski definition) is 1. The molecule has 0 fully saturated rings. The van der Waals surface area contributed by atoms with Gasteiger partial charge in [-0.3, -0.25) is 4.79 Å². The van der Waals surface area contributed by atoms with Crippen molar-refractivity contribution in [2.24, 2.45) is 7.05 Å². The summed E-state index contributed by atoms with van der Waals surface area (Å²) in [5.74, 6) is 1.71. The van der Waals surface area contributed by atoms with Gasteiger partial charge in [0.25, 0.3) is 0 Å². The second-order valence-corrected chi connectivity index (χ2v) is 4.08. The Morgan fingerprint density at radius 2 is 2.38 bits per heavy atom. The van der Waals surface area contributed by atoms with Crippen LogP contribution in [0.15, 0.2) is 12.4 Å². The summed E-state index contributed by atoms with van der Waals surface area (Å²) in [6, 6.07) is 0. The Kier molecular flexibility index (Phi) is 5.93. The maximum Gasteiger partial charge on any atom is 0.220 e. The van der Waals surface area contributed by atoms with E-state index in [4.69, 9.17) is 11.6 Å². The molecule has 1 heterocycles. The van der Waals surface area contributed by atoms with Crippen LogP contribution in [-0.2, 0) is 18.3 Å². The molecule has 4 nitrogen and oxygen atoms in total. The topological polar surface area (TPSA) is 46.9 Å². The van der Waals surface area contributed by atoms with E-state index in [-0.39, 0.29) is 5.91 Å². The van der Waals surface area contributed by atoms with Gasteiger partial charge in [-0.05, 0) is 12.8 Å². The Bertz CT molecular complexity index is 325. The van der Waals surface area contributed by atoms with Crippen molar-refractivity contribution >= 4 is 17.5 Å². The molecule has 1 rings (SSSR count). The Morgan fingerprint density at radius 1 is 1.56 bits per heavy atom. The summed E-state index contributed by atoms with van der Waals surface area (Å²) in [5, 5.41) is 2.87. The fourth-order valence-electron chi connectivity index (χ4n) is 1.42. The summed E-state index contributed by atoms with van der Waals surface area (Å²) in [6.07, 6.45) is 6.75. The Hall–Kier alpha value is -1.03. The Labute approximate surface area is 101 Å². The van der Waals surface area contributed by atoms with Gasteiger partial charge < -0.3 is 9.88 Å². The molecule has 0 aliphatic carbocycles. The predicted molar refractivity (Wildman–Crippen MR) is 64.5 cm³/mol. The second kappa shape index (κ2) is 7.28. The largest absolute Gasteiger partial charge is 0.356 e. The van der Waals surface area contributed by atoms with Crippen molar-refractivity contribution in [1.29, 1.82) is 0 Å². The minimum absolute atomic E-state index is 0.0966. The number of imidazole rings is 1. The molecule has 0 radical (unpaired) electrons. The van der Waals surface area contributed by atoms with Crippen LogP contribution in [0.1, 0.15) is 25.1 Å². The third-order valence-corrected chi connectivity index (χ3v) is 2.65. The first-order valence-corrected chi connectivity index (χ1v) is 6.06. The molecule has 16 heavy (non-hydrogen) atoms. The summed E-state index contributed by atoms with van der Waals surface area (Å²) in [7, 11) is 1.95. The van der Waals surface area contributed by atoms with Crippen LogP contribution in [0.25, 0.3) is 0 Å². The molecule has 1 N–H and O–H groups in total. The number of amides is 1. The first kappa shape index (κ1) is 13.0. The van der Waals surface area contributed by atoms with E-state index in [0.29, 0.717) is 18.8 Å². The molecule has 0 bridgehead atoms. The van der Waals surface area contributed by atoms with Crippen molar-refractivity contribution in [3.8, 4) is 0 Å². The zero-order chi connectivity index (χ0) is 11.8. The molecule has 1 aromatic rings. The molecular weight excluding hydrogens is 226 g/mol. The minimum Gasteiger partial charge on any atom is -0.356 e. The number of halogens is 1. The summed E-state index contributed by atoms with van der Waals surface area (Å²) in [4.78, 5) is 15.5. The van der Waals surface area contributed by atoms with Gasteiger partial charge in [0.05, 0.1) is 0 Å². The normalized spacial score (nSPS) is 10.4. The van der Waals surface area contributed by atoms with Crippen molar-refractivity contribution in [2.75, 3.05) is 12.4 Å². The summed E-state index contributed by atoms with van der Waals surface area (Å²) >= 11 is 5.53. The smallest absolute Gasteiger partial charge is 0.220 e. The molecule has 90 valence electrons.